The fraction of sp³-hybridized carbons (Fsp3) is 0.231. The molecule has 0 radical (unpaired) electrons. The molecule has 8 amide bonds. The van der Waals surface area contributed by atoms with E-state index in [1.165, 1.54) is 48.5 Å². The third kappa shape index (κ3) is 13.8. The summed E-state index contributed by atoms with van der Waals surface area (Å²) in [6.45, 7) is 4.47. The van der Waals surface area contributed by atoms with Gasteiger partial charge in [0.25, 0.3) is 0 Å². The van der Waals surface area contributed by atoms with Gasteiger partial charge in [0, 0.05) is 42.8 Å². The van der Waals surface area contributed by atoms with Crippen molar-refractivity contribution in [2.45, 2.75) is 81.2 Å². The number of alkyl carbamates (subject to hydrolysis) is 1. The largest absolute Gasteiger partial charge is 0.508 e. The van der Waals surface area contributed by atoms with E-state index in [9.17, 15) is 54.9 Å². The Morgan fingerprint density at radius 1 is 0.568 bits per heavy atom. The predicted molar refractivity (Wildman–Crippen MR) is 335 cm³/mol. The minimum Gasteiger partial charge on any atom is -0.508 e. The Labute approximate surface area is 548 Å². The first-order valence-corrected chi connectivity index (χ1v) is 29.9. The van der Waals surface area contributed by atoms with Crippen molar-refractivity contribution in [2.75, 3.05) is 13.1 Å². The normalized spacial score (nSPS) is 21.0. The fourth-order valence-electron chi connectivity index (χ4n) is 11.1. The van der Waals surface area contributed by atoms with Gasteiger partial charge in [-0.25, -0.2) is 4.79 Å². The maximum absolute atomic E-state index is 15.9. The molecule has 6 aliphatic heterocycles. The second-order valence-electron chi connectivity index (χ2n) is 23.4. The summed E-state index contributed by atoms with van der Waals surface area (Å²) < 4.78 is 24.1. The fourth-order valence-corrected chi connectivity index (χ4v) is 11.6. The summed E-state index contributed by atoms with van der Waals surface area (Å²) in [4.78, 5) is 120. The van der Waals surface area contributed by atoms with Gasteiger partial charge in [0.2, 0.25) is 47.1 Å². The van der Waals surface area contributed by atoms with E-state index in [0.717, 1.165) is 66.7 Å². The maximum Gasteiger partial charge on any atom is 0.408 e. The number of aliphatic hydroxyl groups is 1. The number of phenols is 6. The molecule has 30 heteroatoms. The van der Waals surface area contributed by atoms with Crippen LogP contribution in [0.3, 0.4) is 0 Å². The molecule has 0 saturated carbocycles. The number of carbonyl (C=O) groups excluding carboxylic acids is 8. The van der Waals surface area contributed by atoms with Crippen LogP contribution in [0.1, 0.15) is 96.0 Å². The van der Waals surface area contributed by atoms with E-state index < -0.39 is 154 Å². The van der Waals surface area contributed by atoms with Gasteiger partial charge in [0.15, 0.2) is 23.0 Å². The van der Waals surface area contributed by atoms with Crippen LogP contribution in [0, 0.1) is 0 Å². The molecule has 17 N–H and O–H groups in total. The van der Waals surface area contributed by atoms with E-state index in [2.05, 4.69) is 42.5 Å². The lowest BCUT2D eigenvalue weighted by molar-refractivity contribution is -0.137. The standard InChI is InChI=1S/C65H59Cl2N9O19/c1-65(2,3)95-64(91)76-50-28-6-9-41(80)45(20-28)92-34-17-30(16-32(77)23-34)51-61(88)73-52-31-21-46(93-43-10-4-26(14-37(43)66)15-39(57(84)71-51)70-59(50)86)56(83)47(22-31)94-44-11-7-29(19-38(44)67)55(82)54-63(90)74-53(58(85)69-13-12-68)36-24-33(78)25-42(81)48(36)35-18-27(5-8-40(35)79)49(60(87)75-54)72-62(52)89/h4-11,14,16-25,39,49-55,77-83H,12-13,15,68H2,1-3H3,(H,69,85)(H,70,86)(H,71,84)(H,72,89)(H,73,88)(H,74,90)(H,75,87)(H,76,91)/t39-,49-,50-,51+,52-,53-,54+,55-/m1/s1. The van der Waals surface area contributed by atoms with E-state index in [1.807, 2.05) is 0 Å². The SMILES string of the molecule is CC(C)(C)OC(=O)N[C@H]1C(=O)N[C@@H]2Cc3ccc(c(Cl)c3)Oc3cc4cc(c3O)Oc3ccc(cc3Cl)[C@@H](O)[C@@H]3NC(=O)[C@H](NC(=O)[C@@H]4NC(=O)[C@@H](NC2=O)c2cc(O)cc(c2)Oc2cc1ccc2O)c1ccc(O)c(c1)-c1c(O)cc(O)cc1[C@H](C(=O)NCCN)NC3=O. The number of amides is 8. The van der Waals surface area contributed by atoms with Crippen molar-refractivity contribution in [1.29, 1.82) is 0 Å². The molecule has 7 aromatic carbocycles. The number of nitrogens with two attached hydrogens (primary N) is 1. The van der Waals surface area contributed by atoms with Gasteiger partial charge in [-0.15, -0.1) is 0 Å². The number of rotatable bonds is 4. The first-order valence-electron chi connectivity index (χ1n) is 29.1. The highest BCUT2D eigenvalue weighted by Gasteiger charge is 2.42. The van der Waals surface area contributed by atoms with Gasteiger partial charge >= 0.3 is 6.09 Å². The quantitative estimate of drug-likeness (QED) is 0.103. The Hall–Kier alpha value is -11.2. The lowest BCUT2D eigenvalue weighted by atomic mass is 9.89. The van der Waals surface area contributed by atoms with Crippen LogP contribution in [0.25, 0.3) is 11.1 Å². The molecule has 8 atom stereocenters. The Bertz CT molecular complexity index is 4360. The van der Waals surface area contributed by atoms with Gasteiger partial charge in [-0.2, -0.15) is 0 Å². The van der Waals surface area contributed by atoms with Crippen LogP contribution in [-0.2, 0) is 44.7 Å². The summed E-state index contributed by atoms with van der Waals surface area (Å²) in [5.74, 6) is -14.4. The minimum atomic E-state index is -2.20. The monoisotopic (exact) mass is 1340 g/mol. The van der Waals surface area contributed by atoms with E-state index in [-0.39, 0.29) is 96.2 Å². The predicted octanol–water partition coefficient (Wildman–Crippen LogP) is 5.54. The van der Waals surface area contributed by atoms with E-state index in [1.54, 1.807) is 20.8 Å². The van der Waals surface area contributed by atoms with Gasteiger partial charge in [0.1, 0.15) is 94.2 Å². The highest BCUT2D eigenvalue weighted by atomic mass is 35.5. The van der Waals surface area contributed by atoms with Gasteiger partial charge in [-0.3, -0.25) is 33.6 Å². The number of hydrogen-bond acceptors (Lipinski definition) is 20. The van der Waals surface area contributed by atoms with E-state index >= 15 is 19.2 Å². The molecule has 0 aliphatic carbocycles. The highest BCUT2D eigenvalue weighted by molar-refractivity contribution is 6.32. The number of phenolic OH excluding ortho intramolecular Hbond substituents is 6. The van der Waals surface area contributed by atoms with E-state index in [0.29, 0.717) is 0 Å². The summed E-state index contributed by atoms with van der Waals surface area (Å²) in [6, 6.07) is 8.14. The van der Waals surface area contributed by atoms with Crippen LogP contribution in [0.4, 0.5) is 4.79 Å². The van der Waals surface area contributed by atoms with Gasteiger partial charge in [0.05, 0.1) is 10.0 Å². The van der Waals surface area contributed by atoms with Crippen molar-refractivity contribution in [3.63, 3.8) is 0 Å². The summed E-state index contributed by atoms with van der Waals surface area (Å²) in [6.07, 6.45) is -3.62. The number of ether oxygens (including phenoxy) is 4. The lowest BCUT2D eigenvalue weighted by Crippen LogP contribution is -2.56. The summed E-state index contributed by atoms with van der Waals surface area (Å²) in [5.41, 5.74) is 2.76. The average Bonchev–Trinajstić information content (AvgIpc) is 0.773. The summed E-state index contributed by atoms with van der Waals surface area (Å²) >= 11 is 13.8. The average molecular weight is 1340 g/mol. The van der Waals surface area contributed by atoms with Gasteiger partial charge in [-0.05, 0) is 139 Å². The van der Waals surface area contributed by atoms with Crippen molar-refractivity contribution in [1.82, 2.24) is 42.5 Å². The molecule has 0 fully saturated rings. The number of benzene rings is 7. The van der Waals surface area contributed by atoms with Crippen LogP contribution in [0.2, 0.25) is 10.0 Å². The van der Waals surface area contributed by atoms with E-state index in [4.69, 9.17) is 47.9 Å². The first kappa shape index (κ1) is 65.3. The zero-order valence-corrected chi connectivity index (χ0v) is 51.6. The highest BCUT2D eigenvalue weighted by Crippen LogP contribution is 2.48. The van der Waals surface area contributed by atoms with Crippen LogP contribution in [0.5, 0.6) is 69.0 Å². The van der Waals surface area contributed by atoms with Crippen molar-refractivity contribution in [2.24, 2.45) is 5.73 Å². The molecule has 28 nitrogen and oxygen atoms in total. The third-order valence-corrected chi connectivity index (χ3v) is 16.1. The number of hydrogen-bond donors (Lipinski definition) is 16. The molecule has 0 saturated heterocycles. The number of aliphatic hydroxyl groups excluding tert-OH is 1. The molecule has 7 aromatic rings. The molecule has 6 aliphatic rings. The first-order chi connectivity index (χ1) is 45.1. The molecule has 492 valence electrons. The number of halogens is 2. The Balaban J connectivity index is 1.12. The molecule has 0 spiro atoms. The van der Waals surface area contributed by atoms with Crippen LogP contribution in [-0.4, -0.2) is 114 Å². The number of fused-ring (bicyclic) bond motifs is 14. The smallest absolute Gasteiger partial charge is 0.408 e. The molecule has 17 bridgehead atoms. The number of carbonyl (C=O) groups is 8. The van der Waals surface area contributed by atoms with Crippen molar-refractivity contribution >= 4 is 70.6 Å². The lowest BCUT2D eigenvalue weighted by Gasteiger charge is -2.31. The number of nitrogens with one attached hydrogen (secondary N) is 8. The minimum absolute atomic E-state index is 0.00527. The Morgan fingerprint density at radius 3 is 1.82 bits per heavy atom. The van der Waals surface area contributed by atoms with Crippen LogP contribution >= 0.6 is 23.2 Å². The molecule has 13 rings (SSSR count). The van der Waals surface area contributed by atoms with Crippen molar-refractivity contribution in [3.8, 4) is 80.1 Å². The topological polar surface area (TPSA) is 437 Å². The van der Waals surface area contributed by atoms with Crippen LogP contribution in [0.15, 0.2) is 115 Å². The maximum atomic E-state index is 15.9. The number of aromatic hydroxyl groups is 6. The molecular weight excluding hydrogens is 1280 g/mol. The zero-order valence-electron chi connectivity index (χ0n) is 50.1. The molecule has 0 aromatic heterocycles. The van der Waals surface area contributed by atoms with Crippen LogP contribution < -0.4 is 62.5 Å². The third-order valence-electron chi connectivity index (χ3n) is 15.5. The molecule has 6 heterocycles. The zero-order chi connectivity index (χ0) is 68.1. The summed E-state index contributed by atoms with van der Waals surface area (Å²) in [7, 11) is 0. The van der Waals surface area contributed by atoms with Crippen molar-refractivity contribution in [3.05, 3.63) is 164 Å². The van der Waals surface area contributed by atoms with Gasteiger partial charge in [-0.1, -0.05) is 47.5 Å². The molecular formula is C65H59Cl2N9O19. The Kier molecular flexibility index (Phi) is 17.9. The Morgan fingerprint density at radius 2 is 1.16 bits per heavy atom. The summed E-state index contributed by atoms with van der Waals surface area (Å²) in [5, 5.41) is 101. The second-order valence-corrected chi connectivity index (χ2v) is 24.3. The second kappa shape index (κ2) is 26.1. The molecule has 0 unspecified atom stereocenters. The van der Waals surface area contributed by atoms with Gasteiger partial charge < -0.3 is 103 Å². The molecule has 95 heavy (non-hydrogen) atoms. The van der Waals surface area contributed by atoms with Crippen molar-refractivity contribution < 1.29 is 93.0 Å².